The lowest BCUT2D eigenvalue weighted by molar-refractivity contribution is 1.17. The molecule has 6 aromatic carbocycles. The molecule has 0 N–H and O–H groups in total. The molecule has 8 aromatic rings. The van der Waals surface area contributed by atoms with E-state index in [1.807, 2.05) is 11.3 Å². The minimum Gasteiger partial charge on any atom is -0.309 e. The Bertz CT molecular complexity index is 2230. The predicted molar refractivity (Wildman–Crippen MR) is 166 cm³/mol. The highest BCUT2D eigenvalue weighted by Gasteiger charge is 2.13. The van der Waals surface area contributed by atoms with Crippen molar-refractivity contribution < 1.29 is 0 Å². The summed E-state index contributed by atoms with van der Waals surface area (Å²) in [5, 5.41) is 10.1. The SMILES string of the molecule is c1ccc(-n2c3ccccc3c3ccccc3c3ccccc3c3cc4sc5ccccc5c4cc32)cc1. The Labute approximate surface area is 224 Å². The Balaban J connectivity index is 1.79. The zero-order valence-corrected chi connectivity index (χ0v) is 21.5. The Kier molecular flexibility index (Phi) is 4.76. The monoisotopic (exact) mass is 501 g/mol. The summed E-state index contributed by atoms with van der Waals surface area (Å²) in [6.45, 7) is 0. The van der Waals surface area contributed by atoms with E-state index in [4.69, 9.17) is 0 Å². The van der Waals surface area contributed by atoms with Gasteiger partial charge in [-0.1, -0.05) is 103 Å². The molecule has 178 valence electrons. The van der Waals surface area contributed by atoms with Gasteiger partial charge in [0.15, 0.2) is 0 Å². The summed E-state index contributed by atoms with van der Waals surface area (Å²) in [7, 11) is 0. The van der Waals surface area contributed by atoms with Crippen LogP contribution in [-0.2, 0) is 0 Å². The molecule has 0 aliphatic heterocycles. The highest BCUT2D eigenvalue weighted by Crippen LogP contribution is 2.40. The lowest BCUT2D eigenvalue weighted by atomic mass is 10.0. The van der Waals surface area contributed by atoms with Crippen LogP contribution in [0.4, 0.5) is 0 Å². The first-order valence-electron chi connectivity index (χ1n) is 13.0. The van der Waals surface area contributed by atoms with Crippen molar-refractivity contribution in [3.05, 3.63) is 140 Å². The van der Waals surface area contributed by atoms with Crippen LogP contribution in [0.3, 0.4) is 0 Å². The molecule has 2 heterocycles. The van der Waals surface area contributed by atoms with E-state index >= 15 is 0 Å². The van der Waals surface area contributed by atoms with Gasteiger partial charge in [0.1, 0.15) is 0 Å². The van der Waals surface area contributed by atoms with Crippen LogP contribution in [0.1, 0.15) is 0 Å². The van der Waals surface area contributed by atoms with Gasteiger partial charge in [0, 0.05) is 36.6 Å². The van der Waals surface area contributed by atoms with Gasteiger partial charge in [0.25, 0.3) is 0 Å². The Morgan fingerprint density at radius 1 is 0.342 bits per heavy atom. The summed E-state index contributed by atoms with van der Waals surface area (Å²) < 4.78 is 5.09. The molecule has 1 nitrogen and oxygen atoms in total. The number of nitrogens with zero attached hydrogens (tertiary/aromatic N) is 1. The fourth-order valence-electron chi connectivity index (χ4n) is 5.95. The van der Waals surface area contributed by atoms with E-state index in [1.54, 1.807) is 0 Å². The maximum Gasteiger partial charge on any atom is 0.0547 e. The van der Waals surface area contributed by atoms with Gasteiger partial charge in [-0.25, -0.2) is 0 Å². The third-order valence-corrected chi connectivity index (χ3v) is 8.75. The van der Waals surface area contributed by atoms with E-state index < -0.39 is 0 Å². The molecule has 0 fully saturated rings. The number of aromatic nitrogens is 1. The van der Waals surface area contributed by atoms with Crippen molar-refractivity contribution >= 4 is 74.9 Å². The van der Waals surface area contributed by atoms with Crippen LogP contribution in [-0.4, -0.2) is 4.57 Å². The lowest BCUT2D eigenvalue weighted by Gasteiger charge is -2.14. The summed E-state index contributed by atoms with van der Waals surface area (Å²) in [5.74, 6) is 0. The quantitative estimate of drug-likeness (QED) is 0.211. The van der Waals surface area contributed by atoms with Crippen LogP contribution in [0.25, 0.3) is 69.2 Å². The van der Waals surface area contributed by atoms with Crippen molar-refractivity contribution in [2.75, 3.05) is 0 Å². The van der Waals surface area contributed by atoms with Gasteiger partial charge in [-0.3, -0.25) is 0 Å². The summed E-state index contributed by atoms with van der Waals surface area (Å²) in [5.41, 5.74) is 3.52. The molecule has 0 bridgehead atoms. The number of fused-ring (bicyclic) bond motifs is 10. The molecule has 0 radical (unpaired) electrons. The van der Waals surface area contributed by atoms with E-state index in [1.165, 1.54) is 63.5 Å². The van der Waals surface area contributed by atoms with E-state index in [0.29, 0.717) is 0 Å². The van der Waals surface area contributed by atoms with E-state index in [0.717, 1.165) is 5.69 Å². The molecule has 0 atom stereocenters. The second-order valence-electron chi connectivity index (χ2n) is 9.74. The summed E-state index contributed by atoms with van der Waals surface area (Å²) in [6.07, 6.45) is 0. The maximum atomic E-state index is 2.45. The van der Waals surface area contributed by atoms with Crippen molar-refractivity contribution in [2.45, 2.75) is 0 Å². The number of thiophene rings is 1. The van der Waals surface area contributed by atoms with Gasteiger partial charge in [-0.05, 0) is 57.9 Å². The molecular weight excluding hydrogens is 478 g/mol. The van der Waals surface area contributed by atoms with Gasteiger partial charge < -0.3 is 4.57 Å². The van der Waals surface area contributed by atoms with Crippen LogP contribution >= 0.6 is 11.3 Å². The number of benzene rings is 6. The molecule has 38 heavy (non-hydrogen) atoms. The lowest BCUT2D eigenvalue weighted by Crippen LogP contribution is -1.97. The average molecular weight is 502 g/mol. The number of hydrogen-bond acceptors (Lipinski definition) is 1. The molecule has 2 aromatic heterocycles. The van der Waals surface area contributed by atoms with Crippen LogP contribution in [0.15, 0.2) is 140 Å². The minimum atomic E-state index is 1.15. The number of rotatable bonds is 1. The molecule has 0 spiro atoms. The first-order valence-corrected chi connectivity index (χ1v) is 13.8. The van der Waals surface area contributed by atoms with Crippen LogP contribution in [0.5, 0.6) is 0 Å². The molecule has 0 saturated carbocycles. The largest absolute Gasteiger partial charge is 0.309 e. The zero-order chi connectivity index (χ0) is 25.1. The number of para-hydroxylation sites is 2. The molecule has 8 rings (SSSR count). The molecule has 0 aliphatic carbocycles. The summed E-state index contributed by atoms with van der Waals surface area (Å²) in [6, 6.07) is 50.9. The minimum absolute atomic E-state index is 1.15. The van der Waals surface area contributed by atoms with Crippen LogP contribution in [0.2, 0.25) is 0 Å². The Hall–Kier alpha value is -4.66. The fraction of sp³-hybridized carbons (Fsp3) is 0. The van der Waals surface area contributed by atoms with Crippen molar-refractivity contribution in [3.63, 3.8) is 0 Å². The first kappa shape index (κ1) is 21.4. The molecular formula is C36H23NS. The van der Waals surface area contributed by atoms with Crippen molar-refractivity contribution in [2.24, 2.45) is 0 Å². The van der Waals surface area contributed by atoms with Gasteiger partial charge >= 0.3 is 0 Å². The fourth-order valence-corrected chi connectivity index (χ4v) is 7.07. The standard InChI is InChI=1S/C36H23NS/c1-2-12-24(13-3-1)37-33-20-10-8-18-29(33)27-16-6-4-14-25(27)26-15-5-7-17-28(26)31-23-36-32(22-34(31)37)30-19-9-11-21-35(30)38-36/h1-23H. The van der Waals surface area contributed by atoms with E-state index in [2.05, 4.69) is 144 Å². The highest BCUT2D eigenvalue weighted by molar-refractivity contribution is 7.25. The molecule has 2 heteroatoms. The van der Waals surface area contributed by atoms with Crippen molar-refractivity contribution in [1.29, 1.82) is 0 Å². The zero-order valence-electron chi connectivity index (χ0n) is 20.6. The average Bonchev–Trinajstić information content (AvgIpc) is 3.36. The number of hydrogen-bond donors (Lipinski definition) is 0. The van der Waals surface area contributed by atoms with Gasteiger partial charge in [-0.15, -0.1) is 11.3 Å². The Morgan fingerprint density at radius 2 is 0.868 bits per heavy atom. The molecule has 0 unspecified atom stereocenters. The third kappa shape index (κ3) is 3.17. The topological polar surface area (TPSA) is 4.93 Å². The van der Waals surface area contributed by atoms with Gasteiger partial charge in [0.05, 0.1) is 11.0 Å². The van der Waals surface area contributed by atoms with Crippen molar-refractivity contribution in [1.82, 2.24) is 4.57 Å². The van der Waals surface area contributed by atoms with Gasteiger partial charge in [0.2, 0.25) is 0 Å². The van der Waals surface area contributed by atoms with Crippen LogP contribution < -0.4 is 0 Å². The first-order chi connectivity index (χ1) is 18.9. The molecule has 0 amide bonds. The highest BCUT2D eigenvalue weighted by atomic mass is 32.1. The van der Waals surface area contributed by atoms with Crippen LogP contribution in [0, 0.1) is 0 Å². The summed E-state index contributed by atoms with van der Waals surface area (Å²) in [4.78, 5) is 0. The van der Waals surface area contributed by atoms with E-state index in [-0.39, 0.29) is 0 Å². The second-order valence-corrected chi connectivity index (χ2v) is 10.8. The Morgan fingerprint density at radius 3 is 1.58 bits per heavy atom. The van der Waals surface area contributed by atoms with Crippen molar-refractivity contribution in [3.8, 4) is 5.69 Å². The van der Waals surface area contributed by atoms with Gasteiger partial charge in [-0.2, -0.15) is 0 Å². The summed E-state index contributed by atoms with van der Waals surface area (Å²) >= 11 is 1.88. The smallest absolute Gasteiger partial charge is 0.0547 e. The maximum absolute atomic E-state index is 2.45. The van der Waals surface area contributed by atoms with E-state index in [9.17, 15) is 0 Å². The molecule has 0 saturated heterocycles. The predicted octanol–water partition coefficient (Wildman–Crippen LogP) is 10.6. The third-order valence-electron chi connectivity index (χ3n) is 7.62. The normalized spacial score (nSPS) is 11.7. The molecule has 0 aliphatic rings. The second kappa shape index (κ2) is 8.44.